The topological polar surface area (TPSA) is 144 Å². The van der Waals surface area contributed by atoms with E-state index in [1.165, 1.54) is 29.7 Å². The Morgan fingerprint density at radius 3 is 2.57 bits per heavy atom. The van der Waals surface area contributed by atoms with Gasteiger partial charge in [-0.2, -0.15) is 0 Å². The van der Waals surface area contributed by atoms with Gasteiger partial charge in [0.25, 0.3) is 21.6 Å². The molecule has 0 unspecified atom stereocenters. The van der Waals surface area contributed by atoms with E-state index in [-0.39, 0.29) is 22.0 Å². The predicted molar refractivity (Wildman–Crippen MR) is 110 cm³/mol. The number of rotatable bonds is 6. The molecule has 1 amide bonds. The van der Waals surface area contributed by atoms with Crippen LogP contribution in [0.2, 0.25) is 0 Å². The van der Waals surface area contributed by atoms with Crippen molar-refractivity contribution in [2.75, 3.05) is 10.0 Å². The molecule has 10 nitrogen and oxygen atoms in total. The van der Waals surface area contributed by atoms with Crippen molar-refractivity contribution in [3.8, 4) is 0 Å². The quantitative estimate of drug-likeness (QED) is 0.339. The first-order chi connectivity index (χ1) is 14.3. The van der Waals surface area contributed by atoms with Gasteiger partial charge in [0.05, 0.1) is 32.0 Å². The monoisotopic (exact) mass is 444 g/mol. The van der Waals surface area contributed by atoms with Crippen LogP contribution in [0.15, 0.2) is 70.2 Å². The molecule has 12 heteroatoms. The van der Waals surface area contributed by atoms with E-state index < -0.39 is 20.9 Å². The molecule has 2 aromatic carbocycles. The number of carbonyl (C=O) groups excluding carboxylic acids is 1. The summed E-state index contributed by atoms with van der Waals surface area (Å²) in [4.78, 5) is 26.3. The maximum absolute atomic E-state index is 12.5. The van der Waals surface area contributed by atoms with Crippen LogP contribution in [0, 0.1) is 10.1 Å². The molecule has 4 rings (SSSR count). The largest absolute Gasteiger partial charge is 0.459 e. The molecule has 2 N–H and O–H groups in total. The number of nitrogens with zero attached hydrogens (tertiary/aromatic N) is 2. The molecule has 0 bridgehead atoms. The number of nitro groups is 1. The summed E-state index contributed by atoms with van der Waals surface area (Å²) in [6.45, 7) is 0. The van der Waals surface area contributed by atoms with Crippen LogP contribution < -0.4 is 10.0 Å². The maximum Gasteiger partial charge on any atom is 0.293 e. The first kappa shape index (κ1) is 19.5. The van der Waals surface area contributed by atoms with Crippen molar-refractivity contribution in [3.63, 3.8) is 0 Å². The molecule has 0 aliphatic rings. The van der Waals surface area contributed by atoms with E-state index >= 15 is 0 Å². The minimum Gasteiger partial charge on any atom is -0.459 e. The summed E-state index contributed by atoms with van der Waals surface area (Å²) in [6, 6.07) is 12.4. The highest BCUT2D eigenvalue weighted by atomic mass is 32.2. The van der Waals surface area contributed by atoms with Crippen molar-refractivity contribution in [1.82, 2.24) is 4.98 Å². The molecule has 0 aliphatic carbocycles. The molecule has 0 atom stereocenters. The molecular weight excluding hydrogens is 432 g/mol. The number of nitrogens with one attached hydrogen (secondary N) is 2. The molecule has 4 aromatic rings. The number of aromatic nitrogens is 1. The normalized spacial score (nSPS) is 11.3. The molecule has 2 aromatic heterocycles. The smallest absolute Gasteiger partial charge is 0.293 e. The highest BCUT2D eigenvalue weighted by Gasteiger charge is 2.17. The fourth-order valence-corrected chi connectivity index (χ4v) is 4.52. The van der Waals surface area contributed by atoms with Crippen LogP contribution in [0.4, 0.5) is 16.5 Å². The van der Waals surface area contributed by atoms with Crippen LogP contribution in [-0.2, 0) is 10.0 Å². The number of sulfonamides is 1. The molecule has 0 saturated heterocycles. The van der Waals surface area contributed by atoms with E-state index in [2.05, 4.69) is 15.0 Å². The molecule has 0 aliphatic heterocycles. The Labute approximate surface area is 173 Å². The van der Waals surface area contributed by atoms with Gasteiger partial charge in [-0.15, -0.1) is 0 Å². The number of fused-ring (bicyclic) bond motifs is 1. The minimum absolute atomic E-state index is 0.107. The van der Waals surface area contributed by atoms with Crippen molar-refractivity contribution in [1.29, 1.82) is 0 Å². The Morgan fingerprint density at radius 1 is 1.13 bits per heavy atom. The molecule has 0 fully saturated rings. The Hall–Kier alpha value is -3.77. The maximum atomic E-state index is 12.5. The zero-order valence-electron chi connectivity index (χ0n) is 14.9. The van der Waals surface area contributed by atoms with E-state index in [1.54, 1.807) is 18.2 Å². The Bertz CT molecular complexity index is 1350. The molecule has 0 spiro atoms. The Balaban J connectivity index is 1.54. The van der Waals surface area contributed by atoms with Crippen LogP contribution in [0.3, 0.4) is 0 Å². The lowest BCUT2D eigenvalue weighted by Crippen LogP contribution is -2.12. The lowest BCUT2D eigenvalue weighted by molar-refractivity contribution is -0.384. The van der Waals surface area contributed by atoms with Crippen molar-refractivity contribution < 1.29 is 22.6 Å². The van der Waals surface area contributed by atoms with E-state index in [0.717, 1.165) is 24.3 Å². The third-order valence-electron chi connectivity index (χ3n) is 3.96. The summed E-state index contributed by atoms with van der Waals surface area (Å²) in [5.41, 5.74) is 0.658. The van der Waals surface area contributed by atoms with E-state index in [0.29, 0.717) is 15.3 Å². The van der Waals surface area contributed by atoms with Gasteiger partial charge in [-0.05, 0) is 42.5 Å². The van der Waals surface area contributed by atoms with Crippen LogP contribution in [0.5, 0.6) is 0 Å². The number of benzene rings is 2. The van der Waals surface area contributed by atoms with E-state index in [9.17, 15) is 23.3 Å². The van der Waals surface area contributed by atoms with Gasteiger partial charge < -0.3 is 4.42 Å². The number of amides is 1. The second kappa shape index (κ2) is 7.57. The number of carbonyl (C=O) groups is 1. The first-order valence-electron chi connectivity index (χ1n) is 8.34. The number of anilines is 2. The molecule has 30 heavy (non-hydrogen) atoms. The number of thiazole rings is 1. The van der Waals surface area contributed by atoms with Gasteiger partial charge in [0, 0.05) is 12.1 Å². The van der Waals surface area contributed by atoms with E-state index in [4.69, 9.17) is 4.42 Å². The van der Waals surface area contributed by atoms with Crippen LogP contribution in [0.25, 0.3) is 10.2 Å². The fourth-order valence-electron chi connectivity index (χ4n) is 2.57. The summed E-state index contributed by atoms with van der Waals surface area (Å²) in [6.07, 6.45) is 1.39. The summed E-state index contributed by atoms with van der Waals surface area (Å²) in [5, 5.41) is 13.7. The van der Waals surface area contributed by atoms with Gasteiger partial charge in [0.15, 0.2) is 10.9 Å². The number of hydrogen-bond acceptors (Lipinski definition) is 8. The van der Waals surface area contributed by atoms with Crippen LogP contribution in [-0.4, -0.2) is 24.2 Å². The SMILES string of the molecule is O=C(Nc1nc2ccc(NS(=O)(=O)c3ccc([N+](=O)[O-])cc3)cc2s1)c1ccco1. The van der Waals surface area contributed by atoms with Gasteiger partial charge in [0.1, 0.15) is 0 Å². The van der Waals surface area contributed by atoms with Crippen molar-refractivity contribution in [2.45, 2.75) is 4.90 Å². The average molecular weight is 444 g/mol. The highest BCUT2D eigenvalue weighted by molar-refractivity contribution is 7.92. The lowest BCUT2D eigenvalue weighted by Gasteiger charge is -2.07. The van der Waals surface area contributed by atoms with Gasteiger partial charge >= 0.3 is 0 Å². The predicted octanol–water partition coefficient (Wildman–Crippen LogP) is 3.85. The lowest BCUT2D eigenvalue weighted by atomic mass is 10.3. The molecule has 152 valence electrons. The van der Waals surface area contributed by atoms with Crippen LogP contribution in [0.1, 0.15) is 10.6 Å². The standard InChI is InChI=1S/C18H12N4O6S2/c23-17(15-2-1-9-28-15)20-18-19-14-8-3-11(10-16(14)29-18)21-30(26,27)13-6-4-12(5-7-13)22(24)25/h1-10,21H,(H,19,20,23). The van der Waals surface area contributed by atoms with Gasteiger partial charge in [-0.1, -0.05) is 11.3 Å². The molecular formula is C18H12N4O6S2. The first-order valence-corrected chi connectivity index (χ1v) is 10.6. The molecule has 2 heterocycles. The zero-order valence-corrected chi connectivity index (χ0v) is 16.6. The minimum atomic E-state index is -3.94. The Morgan fingerprint density at radius 2 is 1.90 bits per heavy atom. The highest BCUT2D eigenvalue weighted by Crippen LogP contribution is 2.29. The van der Waals surface area contributed by atoms with Gasteiger partial charge in [0.2, 0.25) is 0 Å². The zero-order chi connectivity index (χ0) is 21.3. The Kier molecular flexibility index (Phi) is 4.93. The average Bonchev–Trinajstić information content (AvgIpc) is 3.37. The summed E-state index contributed by atoms with van der Waals surface area (Å²) < 4.78 is 33.2. The van der Waals surface area contributed by atoms with Crippen molar-refractivity contribution in [3.05, 3.63) is 76.7 Å². The summed E-state index contributed by atoms with van der Waals surface area (Å²) in [5.74, 6) is -0.302. The van der Waals surface area contributed by atoms with Gasteiger partial charge in [-0.25, -0.2) is 13.4 Å². The van der Waals surface area contributed by atoms with Crippen molar-refractivity contribution >= 4 is 54.0 Å². The molecule has 0 radical (unpaired) electrons. The second-order valence-corrected chi connectivity index (χ2v) is 8.70. The van der Waals surface area contributed by atoms with Crippen molar-refractivity contribution in [2.24, 2.45) is 0 Å². The summed E-state index contributed by atoms with van der Waals surface area (Å²) >= 11 is 1.17. The number of hydrogen-bond donors (Lipinski definition) is 2. The molecule has 0 saturated carbocycles. The van der Waals surface area contributed by atoms with E-state index in [1.807, 2.05) is 0 Å². The number of nitro benzene ring substituents is 1. The second-order valence-electron chi connectivity index (χ2n) is 5.99. The third kappa shape index (κ3) is 3.99. The third-order valence-corrected chi connectivity index (χ3v) is 6.29. The van der Waals surface area contributed by atoms with Crippen LogP contribution >= 0.6 is 11.3 Å². The van der Waals surface area contributed by atoms with Gasteiger partial charge in [-0.3, -0.25) is 24.9 Å². The fraction of sp³-hybridized carbons (Fsp3) is 0. The number of furan rings is 1. The number of non-ortho nitro benzene ring substituents is 1. The summed E-state index contributed by atoms with van der Waals surface area (Å²) in [7, 11) is -3.94.